The van der Waals surface area contributed by atoms with E-state index in [0.717, 1.165) is 25.1 Å². The number of benzene rings is 1. The van der Waals surface area contributed by atoms with Crippen molar-refractivity contribution in [2.45, 2.75) is 13.0 Å². The molecule has 0 saturated carbocycles. The second-order valence-corrected chi connectivity index (χ2v) is 4.38. The summed E-state index contributed by atoms with van der Waals surface area (Å²) in [6, 6.07) is 5.40. The molecule has 3 nitrogen and oxygen atoms in total. The van der Waals surface area contributed by atoms with E-state index in [-0.39, 0.29) is 6.10 Å². The number of halogens is 1. The molecule has 0 radical (unpaired) electrons. The third-order valence-electron chi connectivity index (χ3n) is 2.70. The van der Waals surface area contributed by atoms with Crippen LogP contribution in [0.15, 0.2) is 18.2 Å². The van der Waals surface area contributed by atoms with E-state index in [0.29, 0.717) is 17.2 Å². The Morgan fingerprint density at radius 1 is 1.56 bits per heavy atom. The van der Waals surface area contributed by atoms with Crippen LogP contribution < -0.4 is 4.90 Å². The summed E-state index contributed by atoms with van der Waals surface area (Å²) in [7, 11) is 0. The number of hydrogen-bond acceptors (Lipinski definition) is 3. The maximum atomic E-state index is 11.0. The quantitative estimate of drug-likeness (QED) is 0.743. The van der Waals surface area contributed by atoms with Crippen LogP contribution in [0.25, 0.3) is 0 Å². The lowest BCUT2D eigenvalue weighted by molar-refractivity contribution is 0.0531. The maximum Gasteiger partial charge on any atom is 0.152 e. The van der Waals surface area contributed by atoms with E-state index in [4.69, 9.17) is 16.3 Å². The molecule has 0 aromatic heterocycles. The van der Waals surface area contributed by atoms with Crippen LogP contribution in [-0.4, -0.2) is 32.1 Å². The highest BCUT2D eigenvalue weighted by Crippen LogP contribution is 2.24. The molecule has 1 saturated heterocycles. The summed E-state index contributed by atoms with van der Waals surface area (Å²) in [4.78, 5) is 13.1. The predicted molar refractivity (Wildman–Crippen MR) is 64.5 cm³/mol. The second-order valence-electron chi connectivity index (χ2n) is 3.95. The summed E-state index contributed by atoms with van der Waals surface area (Å²) in [6.45, 7) is 4.35. The minimum atomic E-state index is 0.198. The molecular weight excluding hydrogens is 226 g/mol. The van der Waals surface area contributed by atoms with Gasteiger partial charge in [-0.05, 0) is 25.1 Å². The van der Waals surface area contributed by atoms with Crippen LogP contribution in [0.2, 0.25) is 5.02 Å². The van der Waals surface area contributed by atoms with Gasteiger partial charge in [0.15, 0.2) is 6.29 Å². The molecule has 2 rings (SSSR count). The van der Waals surface area contributed by atoms with Crippen molar-refractivity contribution < 1.29 is 9.53 Å². The molecule has 4 heteroatoms. The SMILES string of the molecule is CC1CN(c2ccc(Cl)cc2C=O)CCO1. The van der Waals surface area contributed by atoms with Gasteiger partial charge in [0, 0.05) is 29.4 Å². The van der Waals surface area contributed by atoms with Gasteiger partial charge < -0.3 is 9.64 Å². The Kier molecular flexibility index (Phi) is 3.46. The molecule has 0 amide bonds. The molecule has 1 aromatic rings. The Hall–Kier alpha value is -1.06. The fourth-order valence-electron chi connectivity index (χ4n) is 1.94. The predicted octanol–water partition coefficient (Wildman–Crippen LogP) is 2.38. The smallest absolute Gasteiger partial charge is 0.152 e. The van der Waals surface area contributed by atoms with Crippen molar-refractivity contribution >= 4 is 23.6 Å². The van der Waals surface area contributed by atoms with Gasteiger partial charge in [-0.1, -0.05) is 11.6 Å². The van der Waals surface area contributed by atoms with Gasteiger partial charge in [-0.3, -0.25) is 4.79 Å². The average molecular weight is 240 g/mol. The van der Waals surface area contributed by atoms with Gasteiger partial charge in [0.25, 0.3) is 0 Å². The van der Waals surface area contributed by atoms with E-state index in [1.165, 1.54) is 0 Å². The molecule has 0 N–H and O–H groups in total. The number of hydrogen-bond donors (Lipinski definition) is 0. The van der Waals surface area contributed by atoms with Crippen LogP contribution >= 0.6 is 11.6 Å². The lowest BCUT2D eigenvalue weighted by atomic mass is 10.1. The van der Waals surface area contributed by atoms with Crippen molar-refractivity contribution in [2.24, 2.45) is 0 Å². The molecule has 1 atom stereocenters. The first-order chi connectivity index (χ1) is 7.70. The number of ether oxygens (including phenoxy) is 1. The summed E-state index contributed by atoms with van der Waals surface area (Å²) < 4.78 is 5.47. The molecule has 1 heterocycles. The molecule has 1 aromatic carbocycles. The zero-order chi connectivity index (χ0) is 11.5. The molecule has 86 valence electrons. The monoisotopic (exact) mass is 239 g/mol. The van der Waals surface area contributed by atoms with Gasteiger partial charge in [0.05, 0.1) is 12.7 Å². The summed E-state index contributed by atoms with van der Waals surface area (Å²) in [6.07, 6.45) is 1.05. The normalized spacial score (nSPS) is 20.9. The Bertz CT molecular complexity index is 395. The van der Waals surface area contributed by atoms with Crippen LogP contribution in [-0.2, 0) is 4.74 Å². The van der Waals surface area contributed by atoms with Crippen molar-refractivity contribution in [3.63, 3.8) is 0 Å². The van der Waals surface area contributed by atoms with Crippen LogP contribution in [0.1, 0.15) is 17.3 Å². The minimum absolute atomic E-state index is 0.198. The standard InChI is InChI=1S/C12H14ClNO2/c1-9-7-14(4-5-16-9)12-3-2-11(13)6-10(12)8-15/h2-3,6,8-9H,4-5,7H2,1H3. The van der Waals surface area contributed by atoms with Crippen molar-refractivity contribution in [3.8, 4) is 0 Å². The van der Waals surface area contributed by atoms with E-state index in [1.54, 1.807) is 6.07 Å². The summed E-state index contributed by atoms with van der Waals surface area (Å²) in [5, 5.41) is 0.590. The summed E-state index contributed by atoms with van der Waals surface area (Å²) in [5.41, 5.74) is 1.58. The zero-order valence-corrected chi connectivity index (χ0v) is 9.91. The van der Waals surface area contributed by atoms with E-state index < -0.39 is 0 Å². The number of carbonyl (C=O) groups is 1. The number of anilines is 1. The van der Waals surface area contributed by atoms with Gasteiger partial charge in [-0.15, -0.1) is 0 Å². The highest BCUT2D eigenvalue weighted by molar-refractivity contribution is 6.31. The Balaban J connectivity index is 2.28. The van der Waals surface area contributed by atoms with Gasteiger partial charge in [-0.25, -0.2) is 0 Å². The van der Waals surface area contributed by atoms with Crippen LogP contribution in [0.5, 0.6) is 0 Å². The number of nitrogens with zero attached hydrogens (tertiary/aromatic N) is 1. The van der Waals surface area contributed by atoms with Crippen molar-refractivity contribution in [2.75, 3.05) is 24.6 Å². The molecule has 1 aliphatic rings. The first-order valence-electron chi connectivity index (χ1n) is 5.32. The third-order valence-corrected chi connectivity index (χ3v) is 2.93. The highest BCUT2D eigenvalue weighted by atomic mass is 35.5. The van der Waals surface area contributed by atoms with E-state index in [9.17, 15) is 4.79 Å². The van der Waals surface area contributed by atoms with Gasteiger partial charge >= 0.3 is 0 Å². The molecule has 1 aliphatic heterocycles. The van der Waals surface area contributed by atoms with E-state index in [1.807, 2.05) is 19.1 Å². The first-order valence-corrected chi connectivity index (χ1v) is 5.70. The van der Waals surface area contributed by atoms with Crippen LogP contribution in [0, 0.1) is 0 Å². The lowest BCUT2D eigenvalue weighted by Crippen LogP contribution is -2.41. The Morgan fingerprint density at radius 3 is 3.06 bits per heavy atom. The topological polar surface area (TPSA) is 29.5 Å². The zero-order valence-electron chi connectivity index (χ0n) is 9.15. The van der Waals surface area contributed by atoms with Crippen molar-refractivity contribution in [1.82, 2.24) is 0 Å². The number of rotatable bonds is 2. The van der Waals surface area contributed by atoms with E-state index in [2.05, 4.69) is 4.90 Å². The molecular formula is C12H14ClNO2. The fraction of sp³-hybridized carbons (Fsp3) is 0.417. The average Bonchev–Trinajstić information content (AvgIpc) is 2.28. The Morgan fingerprint density at radius 2 is 2.38 bits per heavy atom. The Labute approximate surface area is 100.0 Å². The van der Waals surface area contributed by atoms with Crippen LogP contribution in [0.3, 0.4) is 0 Å². The number of aldehydes is 1. The van der Waals surface area contributed by atoms with E-state index >= 15 is 0 Å². The van der Waals surface area contributed by atoms with Crippen molar-refractivity contribution in [1.29, 1.82) is 0 Å². The highest BCUT2D eigenvalue weighted by Gasteiger charge is 2.19. The second kappa shape index (κ2) is 4.85. The lowest BCUT2D eigenvalue weighted by Gasteiger charge is -2.33. The fourth-order valence-corrected chi connectivity index (χ4v) is 2.13. The largest absolute Gasteiger partial charge is 0.375 e. The van der Waals surface area contributed by atoms with Gasteiger partial charge in [-0.2, -0.15) is 0 Å². The molecule has 0 bridgehead atoms. The maximum absolute atomic E-state index is 11.0. The first kappa shape index (κ1) is 11.4. The molecule has 16 heavy (non-hydrogen) atoms. The van der Waals surface area contributed by atoms with Gasteiger partial charge in [0.2, 0.25) is 0 Å². The minimum Gasteiger partial charge on any atom is -0.375 e. The van der Waals surface area contributed by atoms with Crippen molar-refractivity contribution in [3.05, 3.63) is 28.8 Å². The van der Waals surface area contributed by atoms with Crippen LogP contribution in [0.4, 0.5) is 5.69 Å². The molecule has 1 fully saturated rings. The third kappa shape index (κ3) is 2.36. The number of carbonyl (C=O) groups excluding carboxylic acids is 1. The number of morpholine rings is 1. The molecule has 1 unspecified atom stereocenters. The summed E-state index contributed by atoms with van der Waals surface area (Å²) >= 11 is 5.86. The molecule has 0 spiro atoms. The summed E-state index contributed by atoms with van der Waals surface area (Å²) in [5.74, 6) is 0. The van der Waals surface area contributed by atoms with Gasteiger partial charge in [0.1, 0.15) is 0 Å². The molecule has 0 aliphatic carbocycles.